The molecule has 0 radical (unpaired) electrons. The molecule has 0 saturated carbocycles. The third-order valence-electron chi connectivity index (χ3n) is 3.63. The van der Waals surface area contributed by atoms with Crippen LogP contribution in [0.15, 0.2) is 53.5 Å². The normalized spacial score (nSPS) is 10.7. The van der Waals surface area contributed by atoms with Gasteiger partial charge in [-0.25, -0.2) is 4.39 Å². The summed E-state index contributed by atoms with van der Waals surface area (Å²) in [5.41, 5.74) is 2.79. The minimum absolute atomic E-state index is 0. The number of benzene rings is 2. The maximum Gasteiger partial charge on any atom is 0.243 e. The summed E-state index contributed by atoms with van der Waals surface area (Å²) in [5, 5.41) is 5.65. The van der Waals surface area contributed by atoms with E-state index in [0.717, 1.165) is 5.56 Å². The molecular weight excluding hydrogens is 446 g/mol. The molecule has 0 unspecified atom stereocenters. The lowest BCUT2D eigenvalue weighted by molar-refractivity contribution is -0.115. The van der Waals surface area contributed by atoms with Gasteiger partial charge in [0.15, 0.2) is 5.96 Å². The Hall–Kier alpha value is -2.16. The summed E-state index contributed by atoms with van der Waals surface area (Å²) in [7, 11) is 3.57. The van der Waals surface area contributed by atoms with Crippen molar-refractivity contribution in [2.75, 3.05) is 26.0 Å². The number of carbonyl (C=O) groups is 1. The summed E-state index contributed by atoms with van der Waals surface area (Å²) in [6.45, 7) is 2.76. The molecule has 0 aliphatic rings. The maximum absolute atomic E-state index is 13.1. The Labute approximate surface area is 170 Å². The highest BCUT2D eigenvalue weighted by atomic mass is 127. The van der Waals surface area contributed by atoms with Crippen LogP contribution in [0.5, 0.6) is 0 Å². The van der Waals surface area contributed by atoms with E-state index < -0.39 is 0 Å². The number of nitrogens with one attached hydrogen (secondary N) is 2. The largest absolute Gasteiger partial charge is 0.347 e. The average molecular weight is 470 g/mol. The van der Waals surface area contributed by atoms with Gasteiger partial charge in [0.05, 0.1) is 6.54 Å². The minimum atomic E-state index is -0.389. The monoisotopic (exact) mass is 470 g/mol. The summed E-state index contributed by atoms with van der Waals surface area (Å²) in [6, 6.07) is 14.0. The first-order valence-electron chi connectivity index (χ1n) is 8.00. The van der Waals surface area contributed by atoms with Crippen molar-refractivity contribution in [2.45, 2.75) is 13.5 Å². The van der Waals surface area contributed by atoms with Gasteiger partial charge in [0.25, 0.3) is 0 Å². The van der Waals surface area contributed by atoms with Gasteiger partial charge in [0, 0.05) is 26.3 Å². The highest BCUT2D eigenvalue weighted by Crippen LogP contribution is 2.09. The zero-order chi connectivity index (χ0) is 18.2. The van der Waals surface area contributed by atoms with E-state index in [1.54, 1.807) is 19.2 Å². The fraction of sp³-hybridized carbons (Fsp3) is 0.263. The number of halogens is 2. The first-order valence-corrected chi connectivity index (χ1v) is 8.00. The SMILES string of the molecule is CN=C(NCC(=O)Nc1cccc(F)c1)N(C)Cc1ccc(C)cc1.I. The number of nitrogens with zero attached hydrogens (tertiary/aromatic N) is 2. The summed E-state index contributed by atoms with van der Waals surface area (Å²) >= 11 is 0. The van der Waals surface area contributed by atoms with Crippen molar-refractivity contribution in [1.82, 2.24) is 10.2 Å². The van der Waals surface area contributed by atoms with Gasteiger partial charge in [-0.3, -0.25) is 9.79 Å². The topological polar surface area (TPSA) is 56.7 Å². The number of carbonyl (C=O) groups excluding carboxylic acids is 1. The summed E-state index contributed by atoms with van der Waals surface area (Å²) in [5.74, 6) is -0.0511. The lowest BCUT2D eigenvalue weighted by atomic mass is 10.1. The molecule has 0 aromatic heterocycles. The summed E-state index contributed by atoms with van der Waals surface area (Å²) in [4.78, 5) is 18.1. The number of guanidine groups is 1. The summed E-state index contributed by atoms with van der Waals surface area (Å²) in [6.07, 6.45) is 0. The number of aryl methyl sites for hydroxylation is 1. The van der Waals surface area contributed by atoms with Crippen LogP contribution >= 0.6 is 24.0 Å². The molecule has 0 atom stereocenters. The average Bonchev–Trinajstić information content (AvgIpc) is 2.57. The van der Waals surface area contributed by atoms with Crippen LogP contribution in [0.3, 0.4) is 0 Å². The third-order valence-corrected chi connectivity index (χ3v) is 3.63. The van der Waals surface area contributed by atoms with Crippen molar-refractivity contribution in [2.24, 2.45) is 4.99 Å². The second-order valence-electron chi connectivity index (χ2n) is 5.80. The molecule has 0 saturated heterocycles. The van der Waals surface area contributed by atoms with Crippen LogP contribution in [-0.2, 0) is 11.3 Å². The second kappa shape index (κ2) is 10.7. The van der Waals surface area contributed by atoms with Crippen LogP contribution in [0, 0.1) is 12.7 Å². The van der Waals surface area contributed by atoms with E-state index >= 15 is 0 Å². The Balaban J connectivity index is 0.00000338. The van der Waals surface area contributed by atoms with E-state index in [1.807, 2.05) is 18.9 Å². The number of hydrogen-bond donors (Lipinski definition) is 2. The number of anilines is 1. The van der Waals surface area contributed by atoms with Crippen LogP contribution in [0.4, 0.5) is 10.1 Å². The zero-order valence-corrected chi connectivity index (χ0v) is 17.5. The van der Waals surface area contributed by atoms with Gasteiger partial charge >= 0.3 is 0 Å². The summed E-state index contributed by atoms with van der Waals surface area (Å²) < 4.78 is 13.1. The molecule has 26 heavy (non-hydrogen) atoms. The number of aliphatic imine (C=N–C) groups is 1. The molecule has 2 aromatic rings. The molecule has 2 N–H and O–H groups in total. The quantitative estimate of drug-likeness (QED) is 0.400. The molecule has 0 bridgehead atoms. The predicted molar refractivity (Wildman–Crippen MR) is 114 cm³/mol. The molecular formula is C19H24FIN4O. The Morgan fingerprint density at radius 1 is 1.19 bits per heavy atom. The van der Waals surface area contributed by atoms with Gasteiger partial charge in [0.2, 0.25) is 5.91 Å². The molecule has 2 aromatic carbocycles. The molecule has 0 fully saturated rings. The molecule has 140 valence electrons. The van der Waals surface area contributed by atoms with Crippen molar-refractivity contribution < 1.29 is 9.18 Å². The molecule has 0 aliphatic carbocycles. The molecule has 0 heterocycles. The highest BCUT2D eigenvalue weighted by molar-refractivity contribution is 14.0. The standard InChI is InChI=1S/C19H23FN4O.HI/c1-14-7-9-15(10-8-14)13-24(3)19(21-2)22-12-18(25)23-17-6-4-5-16(20)11-17;/h4-11H,12-13H2,1-3H3,(H,21,22)(H,23,25);1H. The van der Waals surface area contributed by atoms with E-state index in [1.165, 1.54) is 17.7 Å². The van der Waals surface area contributed by atoms with Gasteiger partial charge < -0.3 is 15.5 Å². The van der Waals surface area contributed by atoms with Gasteiger partial charge in [-0.05, 0) is 30.7 Å². The first kappa shape index (κ1) is 21.9. The van der Waals surface area contributed by atoms with Crippen LogP contribution in [-0.4, -0.2) is 37.4 Å². The van der Waals surface area contributed by atoms with Crippen molar-refractivity contribution in [3.63, 3.8) is 0 Å². The van der Waals surface area contributed by atoms with E-state index in [2.05, 4.69) is 39.9 Å². The number of amides is 1. The van der Waals surface area contributed by atoms with Crippen molar-refractivity contribution in [1.29, 1.82) is 0 Å². The van der Waals surface area contributed by atoms with Crippen LogP contribution in [0.25, 0.3) is 0 Å². The van der Waals surface area contributed by atoms with Crippen molar-refractivity contribution in [3.05, 3.63) is 65.5 Å². The van der Waals surface area contributed by atoms with Gasteiger partial charge in [-0.15, -0.1) is 24.0 Å². The van der Waals surface area contributed by atoms with Gasteiger partial charge in [-0.1, -0.05) is 35.9 Å². The highest BCUT2D eigenvalue weighted by Gasteiger charge is 2.09. The smallest absolute Gasteiger partial charge is 0.243 e. The van der Waals surface area contributed by atoms with Crippen molar-refractivity contribution in [3.8, 4) is 0 Å². The number of rotatable bonds is 5. The van der Waals surface area contributed by atoms with Crippen LogP contribution in [0.2, 0.25) is 0 Å². The lowest BCUT2D eigenvalue weighted by Gasteiger charge is -2.22. The fourth-order valence-corrected chi connectivity index (χ4v) is 2.36. The first-order chi connectivity index (χ1) is 12.0. The van der Waals surface area contributed by atoms with Crippen molar-refractivity contribution >= 4 is 41.5 Å². The van der Waals surface area contributed by atoms with Gasteiger partial charge in [-0.2, -0.15) is 0 Å². The van der Waals surface area contributed by atoms with E-state index in [9.17, 15) is 9.18 Å². The molecule has 2 rings (SSSR count). The molecule has 0 aliphatic heterocycles. The maximum atomic E-state index is 13.1. The Morgan fingerprint density at radius 3 is 2.50 bits per heavy atom. The van der Waals surface area contributed by atoms with Crippen LogP contribution in [0.1, 0.15) is 11.1 Å². The Morgan fingerprint density at radius 2 is 1.88 bits per heavy atom. The Kier molecular flexibility index (Phi) is 9.04. The van der Waals surface area contributed by atoms with Gasteiger partial charge in [0.1, 0.15) is 5.82 Å². The zero-order valence-electron chi connectivity index (χ0n) is 15.1. The lowest BCUT2D eigenvalue weighted by Crippen LogP contribution is -2.42. The third kappa shape index (κ3) is 6.99. The predicted octanol–water partition coefficient (Wildman–Crippen LogP) is 3.40. The number of hydrogen-bond acceptors (Lipinski definition) is 2. The van der Waals surface area contributed by atoms with E-state index in [-0.39, 0.29) is 42.2 Å². The molecule has 1 amide bonds. The molecule has 5 nitrogen and oxygen atoms in total. The van der Waals surface area contributed by atoms with E-state index in [0.29, 0.717) is 18.2 Å². The minimum Gasteiger partial charge on any atom is -0.347 e. The molecule has 0 spiro atoms. The van der Waals surface area contributed by atoms with E-state index in [4.69, 9.17) is 0 Å². The second-order valence-corrected chi connectivity index (χ2v) is 5.80. The fourth-order valence-electron chi connectivity index (χ4n) is 2.36. The Bertz CT molecular complexity index is 749. The molecule has 7 heteroatoms. The van der Waals surface area contributed by atoms with Crippen LogP contribution < -0.4 is 10.6 Å².